The van der Waals surface area contributed by atoms with Crippen LogP contribution in [0.4, 0.5) is 5.82 Å². The van der Waals surface area contributed by atoms with E-state index in [2.05, 4.69) is 30.6 Å². The molecule has 0 saturated heterocycles. The number of nitrogens with one attached hydrogen (secondary N) is 1. The molecule has 0 saturated carbocycles. The smallest absolute Gasteiger partial charge is 0.280 e. The Kier molecular flexibility index (Phi) is 4.36. The average Bonchev–Trinajstić information content (AvgIpc) is 2.43. The Hall–Kier alpha value is -1.51. The molecule has 6 nitrogen and oxygen atoms in total. The Morgan fingerprint density at radius 3 is 2.60 bits per heavy atom. The lowest BCUT2D eigenvalue weighted by Gasteiger charge is -2.08. The van der Waals surface area contributed by atoms with Gasteiger partial charge in [-0.25, -0.2) is 9.97 Å². The highest BCUT2D eigenvalue weighted by molar-refractivity contribution is 9.10. The zero-order chi connectivity index (χ0) is 14.8. The second-order valence-electron chi connectivity index (χ2n) is 4.09. The number of anilines is 1. The van der Waals surface area contributed by atoms with Crippen molar-refractivity contribution in [1.82, 2.24) is 9.97 Å². The van der Waals surface area contributed by atoms with Gasteiger partial charge in [0.05, 0.1) is 6.61 Å². The summed E-state index contributed by atoms with van der Waals surface area (Å²) in [6.45, 7) is 1.64. The summed E-state index contributed by atoms with van der Waals surface area (Å²) in [4.78, 5) is 7.79. The minimum atomic E-state index is -3.79. The number of hydrogen-bond acceptors (Lipinski definition) is 5. The lowest BCUT2D eigenvalue weighted by atomic mass is 10.3. The first-order chi connectivity index (χ1) is 9.42. The molecule has 0 bridgehead atoms. The van der Waals surface area contributed by atoms with Crippen molar-refractivity contribution in [3.63, 3.8) is 0 Å². The molecule has 106 valence electrons. The van der Waals surface area contributed by atoms with E-state index in [0.29, 0.717) is 5.56 Å². The number of aryl methyl sites for hydroxylation is 1. The second kappa shape index (κ2) is 5.86. The fourth-order valence-corrected chi connectivity index (χ4v) is 2.60. The zero-order valence-corrected chi connectivity index (χ0v) is 12.9. The van der Waals surface area contributed by atoms with E-state index >= 15 is 0 Å². The van der Waals surface area contributed by atoms with Crippen LogP contribution in [0.3, 0.4) is 0 Å². The Morgan fingerprint density at radius 1 is 1.30 bits per heavy atom. The molecule has 0 amide bonds. The topological polar surface area (TPSA) is 92.2 Å². The first kappa shape index (κ1) is 14.9. The van der Waals surface area contributed by atoms with Crippen LogP contribution < -0.4 is 4.72 Å². The summed E-state index contributed by atoms with van der Waals surface area (Å²) in [5, 5.41) is 8.78. The third-order valence-corrected chi connectivity index (χ3v) is 4.64. The highest BCUT2D eigenvalue weighted by Gasteiger charge is 2.16. The van der Waals surface area contributed by atoms with Gasteiger partial charge in [0, 0.05) is 16.9 Å². The van der Waals surface area contributed by atoms with E-state index in [1.165, 1.54) is 24.5 Å². The standard InChI is InChI=1S/C12H12BrN3O3S/c1-8-4-11(14-6-10(8)13)16-20(18,19)12-3-2-9(7-17)5-15-12/h2-6,17H,7H2,1H3,(H,14,16). The molecule has 0 atom stereocenters. The van der Waals surface area contributed by atoms with Gasteiger partial charge in [-0.1, -0.05) is 6.07 Å². The molecule has 2 N–H and O–H groups in total. The summed E-state index contributed by atoms with van der Waals surface area (Å²) >= 11 is 3.29. The number of aliphatic hydroxyl groups is 1. The minimum Gasteiger partial charge on any atom is -0.392 e. The minimum absolute atomic E-state index is 0.128. The molecule has 0 unspecified atom stereocenters. The van der Waals surface area contributed by atoms with Crippen molar-refractivity contribution in [3.05, 3.63) is 46.2 Å². The number of halogens is 1. The van der Waals surface area contributed by atoms with Crippen LogP contribution in [0.25, 0.3) is 0 Å². The summed E-state index contributed by atoms with van der Waals surface area (Å²) in [6, 6.07) is 4.45. The van der Waals surface area contributed by atoms with Crippen LogP contribution in [-0.2, 0) is 16.6 Å². The van der Waals surface area contributed by atoms with Crippen LogP contribution in [0, 0.1) is 6.92 Å². The van der Waals surface area contributed by atoms with Crippen molar-refractivity contribution >= 4 is 31.8 Å². The third-order valence-electron chi connectivity index (χ3n) is 2.54. The summed E-state index contributed by atoms with van der Waals surface area (Å²) in [5.41, 5.74) is 1.41. The lowest BCUT2D eigenvalue weighted by molar-refractivity contribution is 0.281. The highest BCUT2D eigenvalue weighted by atomic mass is 79.9. The van der Waals surface area contributed by atoms with Crippen LogP contribution in [0.15, 0.2) is 40.1 Å². The SMILES string of the molecule is Cc1cc(NS(=O)(=O)c2ccc(CO)cn2)ncc1Br. The van der Waals surface area contributed by atoms with Crippen molar-refractivity contribution in [2.75, 3.05) is 4.72 Å². The van der Waals surface area contributed by atoms with Gasteiger partial charge in [0.1, 0.15) is 5.82 Å². The van der Waals surface area contributed by atoms with Crippen LogP contribution in [0.5, 0.6) is 0 Å². The fourth-order valence-electron chi connectivity index (χ4n) is 1.45. The van der Waals surface area contributed by atoms with Gasteiger partial charge < -0.3 is 5.11 Å². The van der Waals surface area contributed by atoms with Gasteiger partial charge >= 0.3 is 0 Å². The molecule has 8 heteroatoms. The third kappa shape index (κ3) is 3.33. The van der Waals surface area contributed by atoms with Crippen LogP contribution >= 0.6 is 15.9 Å². The first-order valence-electron chi connectivity index (χ1n) is 5.63. The maximum absolute atomic E-state index is 12.1. The Labute approximate surface area is 125 Å². The maximum atomic E-state index is 12.1. The van der Waals surface area contributed by atoms with Gasteiger partial charge in [-0.3, -0.25) is 4.72 Å². The van der Waals surface area contributed by atoms with E-state index in [4.69, 9.17) is 5.11 Å². The molecule has 0 spiro atoms. The van der Waals surface area contributed by atoms with Crippen molar-refractivity contribution in [1.29, 1.82) is 0 Å². The molecule has 0 aromatic carbocycles. The van der Waals surface area contributed by atoms with E-state index in [9.17, 15) is 8.42 Å². The molecular weight excluding hydrogens is 346 g/mol. The average molecular weight is 358 g/mol. The number of aromatic nitrogens is 2. The molecule has 2 aromatic rings. The largest absolute Gasteiger partial charge is 0.392 e. The summed E-state index contributed by atoms with van der Waals surface area (Å²) in [6.07, 6.45) is 2.84. The highest BCUT2D eigenvalue weighted by Crippen LogP contribution is 2.19. The zero-order valence-electron chi connectivity index (χ0n) is 10.5. The normalized spacial score (nSPS) is 11.3. The van der Waals surface area contributed by atoms with Crippen LogP contribution in [0.2, 0.25) is 0 Å². The van der Waals surface area contributed by atoms with Crippen molar-refractivity contribution in [2.45, 2.75) is 18.6 Å². The lowest BCUT2D eigenvalue weighted by Crippen LogP contribution is -2.15. The van der Waals surface area contributed by atoms with E-state index in [1.54, 1.807) is 6.07 Å². The quantitative estimate of drug-likeness (QED) is 0.870. The van der Waals surface area contributed by atoms with Gasteiger partial charge in [-0.15, -0.1) is 0 Å². The number of rotatable bonds is 4. The molecule has 2 rings (SSSR count). The molecule has 0 radical (unpaired) electrons. The molecule has 2 heterocycles. The summed E-state index contributed by atoms with van der Waals surface area (Å²) in [7, 11) is -3.79. The first-order valence-corrected chi connectivity index (χ1v) is 7.91. The maximum Gasteiger partial charge on any atom is 0.280 e. The summed E-state index contributed by atoms with van der Waals surface area (Å²) < 4.78 is 27.4. The van der Waals surface area contributed by atoms with Crippen LogP contribution in [0.1, 0.15) is 11.1 Å². The Balaban J connectivity index is 2.27. The predicted molar refractivity (Wildman–Crippen MR) is 77.6 cm³/mol. The monoisotopic (exact) mass is 357 g/mol. The van der Waals surface area contributed by atoms with Crippen molar-refractivity contribution in [3.8, 4) is 0 Å². The number of sulfonamides is 1. The molecule has 2 aromatic heterocycles. The molecule has 0 aliphatic carbocycles. The Morgan fingerprint density at radius 2 is 2.05 bits per heavy atom. The molecule has 20 heavy (non-hydrogen) atoms. The molecule has 0 fully saturated rings. The van der Waals surface area contributed by atoms with E-state index in [-0.39, 0.29) is 17.5 Å². The van der Waals surface area contributed by atoms with Gasteiger partial charge in [0.2, 0.25) is 0 Å². The van der Waals surface area contributed by atoms with Crippen molar-refractivity contribution < 1.29 is 13.5 Å². The Bertz CT molecular complexity index is 717. The van der Waals surface area contributed by atoms with E-state index in [1.807, 2.05) is 6.92 Å². The molecule has 0 aliphatic heterocycles. The second-order valence-corrected chi connectivity index (χ2v) is 6.57. The van der Waals surface area contributed by atoms with Crippen molar-refractivity contribution in [2.24, 2.45) is 0 Å². The number of pyridine rings is 2. The van der Waals surface area contributed by atoms with Crippen LogP contribution in [-0.4, -0.2) is 23.5 Å². The van der Waals surface area contributed by atoms with E-state index in [0.717, 1.165) is 10.0 Å². The number of hydrogen-bond donors (Lipinski definition) is 2. The number of nitrogens with zero attached hydrogens (tertiary/aromatic N) is 2. The van der Waals surface area contributed by atoms with Gasteiger partial charge in [-0.2, -0.15) is 8.42 Å². The molecular formula is C12H12BrN3O3S. The fraction of sp³-hybridized carbons (Fsp3) is 0.167. The van der Waals surface area contributed by atoms with Gasteiger partial charge in [0.25, 0.3) is 10.0 Å². The predicted octanol–water partition coefficient (Wildman–Crippen LogP) is 1.84. The van der Waals surface area contributed by atoms with Gasteiger partial charge in [0.15, 0.2) is 5.03 Å². The van der Waals surface area contributed by atoms with Gasteiger partial charge in [-0.05, 0) is 46.1 Å². The summed E-state index contributed by atoms with van der Waals surface area (Å²) in [5.74, 6) is 0.221. The molecule has 0 aliphatic rings. The van der Waals surface area contributed by atoms with E-state index < -0.39 is 10.0 Å². The number of aliphatic hydroxyl groups excluding tert-OH is 1.